The summed E-state index contributed by atoms with van der Waals surface area (Å²) in [4.78, 5) is 28.0. The number of hydrogen-bond donors (Lipinski definition) is 2. The van der Waals surface area contributed by atoms with E-state index >= 15 is 0 Å². The van der Waals surface area contributed by atoms with E-state index in [0.717, 1.165) is 16.9 Å². The molecule has 6 nitrogen and oxygen atoms in total. The molecule has 0 fully saturated rings. The van der Waals surface area contributed by atoms with Gasteiger partial charge in [0.05, 0.1) is 17.2 Å². The van der Waals surface area contributed by atoms with Crippen LogP contribution in [0.25, 0.3) is 6.08 Å². The van der Waals surface area contributed by atoms with Crippen molar-refractivity contribution in [2.45, 2.75) is 20.8 Å². The number of anilines is 1. The van der Waals surface area contributed by atoms with Gasteiger partial charge in [-0.15, -0.1) is 0 Å². The highest BCUT2D eigenvalue weighted by molar-refractivity contribution is 7.17. The Morgan fingerprint density at radius 2 is 2.17 bits per heavy atom. The van der Waals surface area contributed by atoms with Crippen LogP contribution >= 0.6 is 11.3 Å². The van der Waals surface area contributed by atoms with Crippen molar-refractivity contribution >= 4 is 34.2 Å². The molecule has 7 heteroatoms. The molecule has 0 saturated heterocycles. The van der Waals surface area contributed by atoms with Gasteiger partial charge in [-0.2, -0.15) is 0 Å². The van der Waals surface area contributed by atoms with Crippen molar-refractivity contribution in [1.82, 2.24) is 4.98 Å². The Bertz CT molecular complexity index is 796. The van der Waals surface area contributed by atoms with Crippen molar-refractivity contribution in [1.29, 1.82) is 0 Å². The minimum absolute atomic E-state index is 0.0542. The maximum absolute atomic E-state index is 12.3. The quantitative estimate of drug-likeness (QED) is 0.618. The number of carbonyl (C=O) groups excluding carboxylic acids is 2. The lowest BCUT2D eigenvalue weighted by atomic mass is 10.1. The van der Waals surface area contributed by atoms with Crippen LogP contribution in [-0.2, 0) is 4.79 Å². The number of amides is 1. The van der Waals surface area contributed by atoms with Gasteiger partial charge >= 0.3 is 0 Å². The van der Waals surface area contributed by atoms with E-state index in [0.29, 0.717) is 28.1 Å². The SMILES string of the molecule is CCOc1cc(C=CC(=O)c2sc(NC(C)=O)nc2C)ccc1O. The van der Waals surface area contributed by atoms with Crippen LogP contribution in [0.1, 0.15) is 34.8 Å². The highest BCUT2D eigenvalue weighted by Gasteiger charge is 2.13. The molecule has 0 aliphatic heterocycles. The predicted octanol–water partition coefficient (Wildman–Crippen LogP) is 3.41. The molecule has 1 aromatic carbocycles. The third kappa shape index (κ3) is 4.42. The number of benzene rings is 1. The van der Waals surface area contributed by atoms with Crippen molar-refractivity contribution < 1.29 is 19.4 Å². The number of aryl methyl sites for hydroxylation is 1. The zero-order chi connectivity index (χ0) is 17.7. The van der Waals surface area contributed by atoms with Gasteiger partial charge < -0.3 is 15.2 Å². The molecule has 0 bridgehead atoms. The molecule has 0 radical (unpaired) electrons. The number of allylic oxidation sites excluding steroid dienone is 1. The lowest BCUT2D eigenvalue weighted by Gasteiger charge is -2.06. The molecule has 2 aromatic rings. The molecule has 1 aromatic heterocycles. The molecule has 24 heavy (non-hydrogen) atoms. The summed E-state index contributed by atoms with van der Waals surface area (Å²) >= 11 is 1.14. The van der Waals surface area contributed by atoms with E-state index in [1.807, 2.05) is 6.92 Å². The number of hydrogen-bond acceptors (Lipinski definition) is 6. The first-order valence-electron chi connectivity index (χ1n) is 7.34. The number of nitrogens with one attached hydrogen (secondary N) is 1. The second-order valence-corrected chi connectivity index (χ2v) is 5.97. The average Bonchev–Trinajstić information content (AvgIpc) is 2.87. The second kappa shape index (κ2) is 7.74. The fourth-order valence-electron chi connectivity index (χ4n) is 1.98. The molecule has 1 heterocycles. The first kappa shape index (κ1) is 17.7. The average molecular weight is 346 g/mol. The summed E-state index contributed by atoms with van der Waals surface area (Å²) in [6, 6.07) is 4.86. The molecule has 0 saturated carbocycles. The molecule has 0 spiro atoms. The number of thiazole rings is 1. The number of ether oxygens (including phenoxy) is 1. The number of phenols is 1. The lowest BCUT2D eigenvalue weighted by Crippen LogP contribution is -2.04. The minimum atomic E-state index is -0.231. The maximum atomic E-state index is 12.3. The summed E-state index contributed by atoms with van der Waals surface area (Å²) in [5.41, 5.74) is 1.30. The van der Waals surface area contributed by atoms with Gasteiger partial charge in [-0.1, -0.05) is 23.5 Å². The highest BCUT2D eigenvalue weighted by atomic mass is 32.1. The molecule has 0 aliphatic rings. The van der Waals surface area contributed by atoms with E-state index in [4.69, 9.17) is 4.74 Å². The van der Waals surface area contributed by atoms with E-state index in [1.54, 1.807) is 25.1 Å². The molecule has 0 unspecified atom stereocenters. The Balaban J connectivity index is 2.17. The van der Waals surface area contributed by atoms with E-state index in [2.05, 4.69) is 10.3 Å². The third-order valence-electron chi connectivity index (χ3n) is 3.01. The van der Waals surface area contributed by atoms with Crippen molar-refractivity contribution in [3.8, 4) is 11.5 Å². The topological polar surface area (TPSA) is 88.5 Å². The number of carbonyl (C=O) groups is 2. The van der Waals surface area contributed by atoms with Gasteiger partial charge in [-0.25, -0.2) is 4.98 Å². The molecule has 2 N–H and O–H groups in total. The fraction of sp³-hybridized carbons (Fsp3) is 0.235. The third-order valence-corrected chi connectivity index (χ3v) is 4.10. The van der Waals surface area contributed by atoms with E-state index < -0.39 is 0 Å². The van der Waals surface area contributed by atoms with Crippen LogP contribution in [0.15, 0.2) is 24.3 Å². The molecular weight excluding hydrogens is 328 g/mol. The van der Waals surface area contributed by atoms with Crippen LogP contribution in [0.4, 0.5) is 5.13 Å². The lowest BCUT2D eigenvalue weighted by molar-refractivity contribution is -0.114. The molecule has 2 rings (SSSR count). The van der Waals surface area contributed by atoms with Gasteiger partial charge in [0.2, 0.25) is 5.91 Å². The normalized spacial score (nSPS) is 10.8. The Morgan fingerprint density at radius 1 is 1.42 bits per heavy atom. The molecule has 1 amide bonds. The zero-order valence-electron chi connectivity index (χ0n) is 13.6. The fourth-order valence-corrected chi connectivity index (χ4v) is 2.91. The van der Waals surface area contributed by atoms with Crippen LogP contribution in [0.2, 0.25) is 0 Å². The number of aromatic nitrogens is 1. The van der Waals surface area contributed by atoms with Crippen LogP contribution in [0.5, 0.6) is 11.5 Å². The van der Waals surface area contributed by atoms with Crippen molar-refractivity contribution in [2.24, 2.45) is 0 Å². The Labute approximate surface area is 143 Å². The number of rotatable bonds is 6. The molecule has 0 aliphatic carbocycles. The number of aromatic hydroxyl groups is 1. The Kier molecular flexibility index (Phi) is 5.70. The first-order chi connectivity index (χ1) is 11.4. The van der Waals surface area contributed by atoms with Gasteiger partial charge in [0, 0.05) is 6.92 Å². The van der Waals surface area contributed by atoms with Gasteiger partial charge in [0.1, 0.15) is 0 Å². The van der Waals surface area contributed by atoms with Crippen molar-refractivity contribution in [2.75, 3.05) is 11.9 Å². The zero-order valence-corrected chi connectivity index (χ0v) is 14.4. The van der Waals surface area contributed by atoms with Gasteiger partial charge in [0.25, 0.3) is 0 Å². The smallest absolute Gasteiger partial charge is 0.223 e. The highest BCUT2D eigenvalue weighted by Crippen LogP contribution is 2.28. The van der Waals surface area contributed by atoms with Gasteiger partial charge in [0.15, 0.2) is 22.4 Å². The van der Waals surface area contributed by atoms with Gasteiger partial charge in [-0.3, -0.25) is 9.59 Å². The van der Waals surface area contributed by atoms with E-state index in [1.165, 1.54) is 19.1 Å². The van der Waals surface area contributed by atoms with Crippen molar-refractivity contribution in [3.05, 3.63) is 40.4 Å². The molecule has 0 atom stereocenters. The minimum Gasteiger partial charge on any atom is -0.504 e. The van der Waals surface area contributed by atoms with Crippen LogP contribution in [-0.4, -0.2) is 28.4 Å². The van der Waals surface area contributed by atoms with Crippen LogP contribution < -0.4 is 10.1 Å². The maximum Gasteiger partial charge on any atom is 0.223 e. The number of nitrogens with zero attached hydrogens (tertiary/aromatic N) is 1. The summed E-state index contributed by atoms with van der Waals surface area (Å²) in [5, 5.41) is 12.6. The van der Waals surface area contributed by atoms with Crippen LogP contribution in [0.3, 0.4) is 0 Å². The molecule has 126 valence electrons. The Morgan fingerprint density at radius 3 is 2.83 bits per heavy atom. The Hall–Kier alpha value is -2.67. The second-order valence-electron chi connectivity index (χ2n) is 4.97. The summed E-state index contributed by atoms with van der Waals surface area (Å²) in [6.45, 7) is 5.37. The van der Waals surface area contributed by atoms with E-state index in [9.17, 15) is 14.7 Å². The van der Waals surface area contributed by atoms with Crippen molar-refractivity contribution in [3.63, 3.8) is 0 Å². The summed E-state index contributed by atoms with van der Waals surface area (Å²) in [7, 11) is 0. The molecular formula is C17H18N2O4S. The first-order valence-corrected chi connectivity index (χ1v) is 8.15. The van der Waals surface area contributed by atoms with Crippen LogP contribution in [0, 0.1) is 6.92 Å². The van der Waals surface area contributed by atoms with Gasteiger partial charge in [-0.05, 0) is 37.6 Å². The summed E-state index contributed by atoms with van der Waals surface area (Å²) in [5.74, 6) is -0.00827. The van der Waals surface area contributed by atoms with E-state index in [-0.39, 0.29) is 17.4 Å². The standard InChI is InChI=1S/C17H18N2O4S/c1-4-23-15-9-12(5-7-13(15)21)6-8-14(22)16-10(2)18-17(24-16)19-11(3)20/h5-9,21H,4H2,1-3H3,(H,18,19,20). The monoisotopic (exact) mass is 346 g/mol. The number of phenolic OH excluding ortho intramolecular Hbond substituents is 1. The summed E-state index contributed by atoms with van der Waals surface area (Å²) < 4.78 is 5.31. The predicted molar refractivity (Wildman–Crippen MR) is 93.8 cm³/mol. The largest absolute Gasteiger partial charge is 0.504 e. The summed E-state index contributed by atoms with van der Waals surface area (Å²) in [6.07, 6.45) is 3.07. The number of ketones is 1.